The minimum absolute atomic E-state index is 0.00983. The third-order valence-corrected chi connectivity index (χ3v) is 5.98. The fourth-order valence-electron chi connectivity index (χ4n) is 2.24. The van der Waals surface area contributed by atoms with Crippen molar-refractivity contribution in [2.75, 3.05) is 0 Å². The standard InChI is InChI=1S/C17H18BrNO4S/c1-13(17(20)21)19(11-14-7-9-16(18)10-8-14)24(22,23)12-15-5-3-2-4-6-15/h2-10,13H,11-12H2,1H3,(H,20,21)/t13-/m0/s1. The van der Waals surface area contributed by atoms with Crippen molar-refractivity contribution < 1.29 is 18.3 Å². The van der Waals surface area contributed by atoms with Gasteiger partial charge in [-0.3, -0.25) is 4.79 Å². The van der Waals surface area contributed by atoms with E-state index in [1.807, 2.05) is 0 Å². The predicted octanol–water partition coefficient (Wildman–Crippen LogP) is 3.25. The quantitative estimate of drug-likeness (QED) is 0.758. The Labute approximate surface area is 150 Å². The van der Waals surface area contributed by atoms with Crippen molar-refractivity contribution >= 4 is 31.9 Å². The number of aliphatic carboxylic acids is 1. The molecule has 0 aliphatic rings. The van der Waals surface area contributed by atoms with Crippen LogP contribution in [-0.2, 0) is 27.1 Å². The second kappa shape index (κ2) is 7.92. The van der Waals surface area contributed by atoms with Crippen LogP contribution in [0.2, 0.25) is 0 Å². The molecule has 0 amide bonds. The van der Waals surface area contributed by atoms with Crippen LogP contribution >= 0.6 is 15.9 Å². The molecule has 1 atom stereocenters. The summed E-state index contributed by atoms with van der Waals surface area (Å²) in [7, 11) is -3.79. The Kier molecular flexibility index (Phi) is 6.15. The minimum atomic E-state index is -3.79. The maximum Gasteiger partial charge on any atom is 0.321 e. The van der Waals surface area contributed by atoms with Crippen LogP contribution in [0, 0.1) is 0 Å². The molecule has 0 saturated carbocycles. The first-order valence-corrected chi connectivity index (χ1v) is 9.70. The largest absolute Gasteiger partial charge is 0.480 e. The molecule has 0 spiro atoms. The van der Waals surface area contributed by atoms with Crippen molar-refractivity contribution in [3.63, 3.8) is 0 Å². The van der Waals surface area contributed by atoms with Gasteiger partial charge in [0.15, 0.2) is 0 Å². The van der Waals surface area contributed by atoms with E-state index < -0.39 is 22.0 Å². The van der Waals surface area contributed by atoms with Crippen LogP contribution in [0.1, 0.15) is 18.1 Å². The molecule has 7 heteroatoms. The van der Waals surface area contributed by atoms with E-state index in [2.05, 4.69) is 15.9 Å². The lowest BCUT2D eigenvalue weighted by atomic mass is 10.2. The maximum atomic E-state index is 12.8. The van der Waals surface area contributed by atoms with Crippen LogP contribution in [0.3, 0.4) is 0 Å². The number of hydrogen-bond acceptors (Lipinski definition) is 3. The van der Waals surface area contributed by atoms with E-state index in [1.54, 1.807) is 54.6 Å². The van der Waals surface area contributed by atoms with E-state index in [9.17, 15) is 18.3 Å². The fourth-order valence-corrected chi connectivity index (χ4v) is 4.20. The smallest absolute Gasteiger partial charge is 0.321 e. The summed E-state index contributed by atoms with van der Waals surface area (Å²) in [5.41, 5.74) is 1.35. The summed E-state index contributed by atoms with van der Waals surface area (Å²) in [5.74, 6) is -1.41. The minimum Gasteiger partial charge on any atom is -0.480 e. The molecule has 1 N–H and O–H groups in total. The Morgan fingerprint density at radius 1 is 1.08 bits per heavy atom. The number of rotatable bonds is 7. The molecule has 24 heavy (non-hydrogen) atoms. The Hall–Kier alpha value is -1.70. The highest BCUT2D eigenvalue weighted by Gasteiger charge is 2.31. The van der Waals surface area contributed by atoms with Gasteiger partial charge in [0, 0.05) is 11.0 Å². The lowest BCUT2D eigenvalue weighted by molar-refractivity contribution is -0.141. The monoisotopic (exact) mass is 411 g/mol. The summed E-state index contributed by atoms with van der Waals surface area (Å²) in [5, 5.41) is 9.29. The molecule has 5 nitrogen and oxygen atoms in total. The second-order valence-corrected chi connectivity index (χ2v) is 8.26. The molecule has 0 saturated heterocycles. The first-order chi connectivity index (χ1) is 11.3. The number of halogens is 1. The van der Waals surface area contributed by atoms with Gasteiger partial charge in [0.2, 0.25) is 10.0 Å². The van der Waals surface area contributed by atoms with Crippen LogP contribution in [0.25, 0.3) is 0 Å². The number of carboxylic acids is 1. The highest BCUT2D eigenvalue weighted by molar-refractivity contribution is 9.10. The van der Waals surface area contributed by atoms with E-state index in [0.29, 0.717) is 5.56 Å². The van der Waals surface area contributed by atoms with E-state index in [-0.39, 0.29) is 12.3 Å². The number of carboxylic acid groups (broad SMARTS) is 1. The number of sulfonamides is 1. The highest BCUT2D eigenvalue weighted by Crippen LogP contribution is 2.19. The average molecular weight is 412 g/mol. The molecule has 128 valence electrons. The number of benzene rings is 2. The van der Waals surface area contributed by atoms with Gasteiger partial charge in [0.05, 0.1) is 5.75 Å². The Balaban J connectivity index is 2.30. The van der Waals surface area contributed by atoms with Gasteiger partial charge in [-0.25, -0.2) is 8.42 Å². The molecule has 0 heterocycles. The van der Waals surface area contributed by atoms with Crippen molar-refractivity contribution in [3.05, 3.63) is 70.2 Å². The Morgan fingerprint density at radius 3 is 2.21 bits per heavy atom. The van der Waals surface area contributed by atoms with Crippen LogP contribution < -0.4 is 0 Å². The Morgan fingerprint density at radius 2 is 1.67 bits per heavy atom. The molecule has 2 aromatic rings. The average Bonchev–Trinajstić information content (AvgIpc) is 2.54. The van der Waals surface area contributed by atoms with Crippen LogP contribution in [0.4, 0.5) is 0 Å². The van der Waals surface area contributed by atoms with Crippen molar-refractivity contribution in [1.82, 2.24) is 4.31 Å². The predicted molar refractivity (Wildman–Crippen MR) is 95.8 cm³/mol. The van der Waals surface area contributed by atoms with Crippen LogP contribution in [0.15, 0.2) is 59.1 Å². The molecular formula is C17H18BrNO4S. The maximum absolute atomic E-state index is 12.8. The van der Waals surface area contributed by atoms with Crippen molar-refractivity contribution in [3.8, 4) is 0 Å². The summed E-state index contributed by atoms with van der Waals surface area (Å²) in [6.07, 6.45) is 0. The van der Waals surface area contributed by atoms with Gasteiger partial charge in [0.25, 0.3) is 0 Å². The molecule has 2 rings (SSSR count). The lowest BCUT2D eigenvalue weighted by Crippen LogP contribution is -2.43. The molecule has 0 aromatic heterocycles. The lowest BCUT2D eigenvalue weighted by Gasteiger charge is -2.26. The molecule has 0 bridgehead atoms. The van der Waals surface area contributed by atoms with Crippen LogP contribution in [0.5, 0.6) is 0 Å². The number of carbonyl (C=O) groups is 1. The van der Waals surface area contributed by atoms with Gasteiger partial charge in [-0.2, -0.15) is 4.31 Å². The highest BCUT2D eigenvalue weighted by atomic mass is 79.9. The molecule has 2 aromatic carbocycles. The van der Waals surface area contributed by atoms with Crippen LogP contribution in [-0.4, -0.2) is 29.8 Å². The first-order valence-electron chi connectivity index (χ1n) is 7.30. The van der Waals surface area contributed by atoms with E-state index in [0.717, 1.165) is 14.3 Å². The Bertz CT molecular complexity index is 791. The number of hydrogen-bond donors (Lipinski definition) is 1. The summed E-state index contributed by atoms with van der Waals surface area (Å²) in [6.45, 7) is 1.39. The normalized spacial score (nSPS) is 13.0. The molecular weight excluding hydrogens is 394 g/mol. The molecule has 0 fully saturated rings. The van der Waals surface area contributed by atoms with Gasteiger partial charge in [-0.1, -0.05) is 58.4 Å². The third-order valence-electron chi connectivity index (χ3n) is 3.59. The zero-order valence-corrected chi connectivity index (χ0v) is 15.5. The van der Waals surface area contributed by atoms with Gasteiger partial charge in [-0.05, 0) is 30.2 Å². The topological polar surface area (TPSA) is 74.7 Å². The van der Waals surface area contributed by atoms with E-state index in [4.69, 9.17) is 0 Å². The summed E-state index contributed by atoms with van der Waals surface area (Å²) in [4.78, 5) is 11.4. The molecule has 0 aliphatic heterocycles. The molecule has 0 unspecified atom stereocenters. The SMILES string of the molecule is C[C@@H](C(=O)O)N(Cc1ccc(Br)cc1)S(=O)(=O)Cc1ccccc1. The first kappa shape index (κ1) is 18.6. The summed E-state index contributed by atoms with van der Waals surface area (Å²) in [6, 6.07) is 14.7. The molecule has 0 radical (unpaired) electrons. The van der Waals surface area contributed by atoms with Gasteiger partial charge >= 0.3 is 5.97 Å². The molecule has 0 aliphatic carbocycles. The van der Waals surface area contributed by atoms with E-state index >= 15 is 0 Å². The van der Waals surface area contributed by atoms with Gasteiger partial charge < -0.3 is 5.11 Å². The van der Waals surface area contributed by atoms with Crippen molar-refractivity contribution in [2.24, 2.45) is 0 Å². The summed E-state index contributed by atoms with van der Waals surface area (Å²) < 4.78 is 27.4. The summed E-state index contributed by atoms with van der Waals surface area (Å²) >= 11 is 3.32. The van der Waals surface area contributed by atoms with E-state index in [1.165, 1.54) is 6.92 Å². The third kappa shape index (κ3) is 4.90. The number of nitrogens with zero attached hydrogens (tertiary/aromatic N) is 1. The fraction of sp³-hybridized carbons (Fsp3) is 0.235. The van der Waals surface area contributed by atoms with Crippen molar-refractivity contribution in [2.45, 2.75) is 25.3 Å². The van der Waals surface area contributed by atoms with Gasteiger partial charge in [0.1, 0.15) is 6.04 Å². The van der Waals surface area contributed by atoms with Gasteiger partial charge in [-0.15, -0.1) is 0 Å². The van der Waals surface area contributed by atoms with Crippen molar-refractivity contribution in [1.29, 1.82) is 0 Å². The zero-order chi connectivity index (χ0) is 17.7. The second-order valence-electron chi connectivity index (χ2n) is 5.43. The zero-order valence-electron chi connectivity index (χ0n) is 13.1.